The molecule has 0 aliphatic rings. The van der Waals surface area contributed by atoms with Gasteiger partial charge in [0, 0.05) is 13.6 Å². The zero-order valence-corrected chi connectivity index (χ0v) is 9.90. The molecular weight excluding hydrogens is 224 g/mol. The van der Waals surface area contributed by atoms with Gasteiger partial charge in [0.05, 0.1) is 12.4 Å². The van der Waals surface area contributed by atoms with Crippen LogP contribution in [0.25, 0.3) is 0 Å². The largest absolute Gasteiger partial charge is 0.369 e. The maximum atomic E-state index is 4.39. The predicted molar refractivity (Wildman–Crippen MR) is 61.3 cm³/mol. The molecule has 0 spiro atoms. The summed E-state index contributed by atoms with van der Waals surface area (Å²) < 4.78 is 1.84. The highest BCUT2D eigenvalue weighted by Gasteiger charge is 2.05. The van der Waals surface area contributed by atoms with E-state index in [2.05, 4.69) is 25.5 Å². The maximum Gasteiger partial charge on any atom is 0.197 e. The van der Waals surface area contributed by atoms with Crippen molar-refractivity contribution >= 4 is 17.6 Å². The van der Waals surface area contributed by atoms with Crippen LogP contribution in [-0.2, 0) is 7.05 Å². The molecule has 84 valence electrons. The van der Waals surface area contributed by atoms with Crippen molar-refractivity contribution in [2.24, 2.45) is 7.05 Å². The fraction of sp³-hybridized carbons (Fsp3) is 0.333. The van der Waals surface area contributed by atoms with E-state index in [0.717, 1.165) is 22.5 Å². The molecule has 0 bridgehead atoms. The van der Waals surface area contributed by atoms with E-state index in [4.69, 9.17) is 0 Å². The zero-order valence-electron chi connectivity index (χ0n) is 9.08. The Balaban J connectivity index is 2.15. The number of hydrogen-bond acceptors (Lipinski definition) is 6. The van der Waals surface area contributed by atoms with Gasteiger partial charge in [-0.1, -0.05) is 0 Å². The number of nitrogens with one attached hydrogen (secondary N) is 1. The molecule has 0 aliphatic heterocycles. The van der Waals surface area contributed by atoms with Crippen LogP contribution < -0.4 is 5.32 Å². The lowest BCUT2D eigenvalue weighted by atomic mass is 10.6. The zero-order chi connectivity index (χ0) is 11.4. The Bertz CT molecular complexity index is 469. The number of nitrogens with zero attached hydrogens (tertiary/aromatic N) is 5. The fourth-order valence-corrected chi connectivity index (χ4v) is 1.85. The van der Waals surface area contributed by atoms with Crippen molar-refractivity contribution in [1.82, 2.24) is 24.7 Å². The molecule has 1 N–H and O–H groups in total. The Kier molecular flexibility index (Phi) is 3.35. The van der Waals surface area contributed by atoms with Crippen LogP contribution in [0.1, 0.15) is 6.92 Å². The first-order valence-electron chi connectivity index (χ1n) is 4.87. The number of rotatable bonds is 4. The van der Waals surface area contributed by atoms with Crippen molar-refractivity contribution in [2.45, 2.75) is 17.1 Å². The molecule has 0 aromatic carbocycles. The molecule has 0 saturated carbocycles. The van der Waals surface area contributed by atoms with E-state index in [1.165, 1.54) is 11.8 Å². The lowest BCUT2D eigenvalue weighted by Gasteiger charge is -2.03. The van der Waals surface area contributed by atoms with Crippen molar-refractivity contribution in [2.75, 3.05) is 11.9 Å². The van der Waals surface area contributed by atoms with Gasteiger partial charge in [0.1, 0.15) is 17.2 Å². The third-order valence-electron chi connectivity index (χ3n) is 1.84. The van der Waals surface area contributed by atoms with Crippen LogP contribution in [0.5, 0.6) is 0 Å². The van der Waals surface area contributed by atoms with Crippen molar-refractivity contribution < 1.29 is 0 Å². The third kappa shape index (κ3) is 2.48. The summed E-state index contributed by atoms with van der Waals surface area (Å²) in [7, 11) is 1.89. The fourth-order valence-electron chi connectivity index (χ4n) is 1.12. The van der Waals surface area contributed by atoms with E-state index in [1.54, 1.807) is 18.7 Å². The van der Waals surface area contributed by atoms with Crippen molar-refractivity contribution in [3.63, 3.8) is 0 Å². The standard InChI is InChI=1S/C9H12N6S/c1-3-11-7-4-10-5-8(13-7)16-9-14-12-6-15(9)2/h4-6H,3H2,1-2H3,(H,11,13). The van der Waals surface area contributed by atoms with E-state index < -0.39 is 0 Å². The van der Waals surface area contributed by atoms with E-state index in [1.807, 2.05) is 18.5 Å². The first-order valence-corrected chi connectivity index (χ1v) is 5.69. The maximum absolute atomic E-state index is 4.39. The average molecular weight is 236 g/mol. The number of hydrogen-bond donors (Lipinski definition) is 1. The molecular formula is C9H12N6S. The van der Waals surface area contributed by atoms with Gasteiger partial charge in [-0.3, -0.25) is 4.98 Å². The van der Waals surface area contributed by atoms with Gasteiger partial charge in [0.2, 0.25) is 0 Å². The lowest BCUT2D eigenvalue weighted by molar-refractivity contribution is 0.786. The van der Waals surface area contributed by atoms with Crippen LogP contribution in [0.3, 0.4) is 0 Å². The summed E-state index contributed by atoms with van der Waals surface area (Å²) in [5, 5.41) is 12.5. The lowest BCUT2D eigenvalue weighted by Crippen LogP contribution is -2.00. The van der Waals surface area contributed by atoms with Gasteiger partial charge in [0.25, 0.3) is 0 Å². The molecule has 2 aromatic rings. The van der Waals surface area contributed by atoms with E-state index in [9.17, 15) is 0 Å². The Morgan fingerprint density at radius 1 is 1.44 bits per heavy atom. The van der Waals surface area contributed by atoms with Gasteiger partial charge in [-0.15, -0.1) is 10.2 Å². The van der Waals surface area contributed by atoms with E-state index in [-0.39, 0.29) is 0 Å². The molecule has 0 aliphatic carbocycles. The second-order valence-corrected chi connectivity index (χ2v) is 4.09. The van der Waals surface area contributed by atoms with Crippen LogP contribution in [0.15, 0.2) is 28.9 Å². The molecule has 7 heteroatoms. The molecule has 0 atom stereocenters. The molecule has 2 aromatic heterocycles. The molecule has 0 saturated heterocycles. The summed E-state index contributed by atoms with van der Waals surface area (Å²) in [6.07, 6.45) is 5.06. The highest BCUT2D eigenvalue weighted by molar-refractivity contribution is 7.99. The van der Waals surface area contributed by atoms with Gasteiger partial charge in [-0.05, 0) is 18.7 Å². The summed E-state index contributed by atoms with van der Waals surface area (Å²) in [6, 6.07) is 0. The van der Waals surface area contributed by atoms with E-state index >= 15 is 0 Å². The smallest absolute Gasteiger partial charge is 0.197 e. The number of aryl methyl sites for hydroxylation is 1. The van der Waals surface area contributed by atoms with Gasteiger partial charge >= 0.3 is 0 Å². The van der Waals surface area contributed by atoms with Gasteiger partial charge in [-0.25, -0.2) is 4.98 Å². The summed E-state index contributed by atoms with van der Waals surface area (Å²) >= 11 is 1.44. The number of anilines is 1. The first-order chi connectivity index (χ1) is 7.79. The molecule has 6 nitrogen and oxygen atoms in total. The van der Waals surface area contributed by atoms with Crippen LogP contribution in [0, 0.1) is 0 Å². The number of aromatic nitrogens is 5. The Morgan fingerprint density at radius 3 is 3.00 bits per heavy atom. The molecule has 0 amide bonds. The molecule has 0 radical (unpaired) electrons. The van der Waals surface area contributed by atoms with Crippen molar-refractivity contribution in [3.8, 4) is 0 Å². The van der Waals surface area contributed by atoms with E-state index in [0.29, 0.717) is 0 Å². The van der Waals surface area contributed by atoms with Gasteiger partial charge in [-0.2, -0.15) is 0 Å². The van der Waals surface area contributed by atoms with Crippen molar-refractivity contribution in [1.29, 1.82) is 0 Å². The summed E-state index contributed by atoms with van der Waals surface area (Å²) in [6.45, 7) is 2.84. The Hall–Kier alpha value is -1.63. The third-order valence-corrected chi connectivity index (χ3v) is 2.79. The minimum absolute atomic E-state index is 0.773. The van der Waals surface area contributed by atoms with Gasteiger partial charge in [0.15, 0.2) is 5.16 Å². The molecule has 2 rings (SSSR count). The Morgan fingerprint density at radius 2 is 2.31 bits per heavy atom. The molecule has 0 fully saturated rings. The predicted octanol–water partition coefficient (Wildman–Crippen LogP) is 1.19. The molecule has 0 unspecified atom stereocenters. The van der Waals surface area contributed by atoms with Crippen LogP contribution in [0.4, 0.5) is 5.82 Å². The monoisotopic (exact) mass is 236 g/mol. The topological polar surface area (TPSA) is 68.5 Å². The van der Waals surface area contributed by atoms with Crippen LogP contribution in [-0.4, -0.2) is 31.3 Å². The summed E-state index contributed by atoms with van der Waals surface area (Å²) in [5.74, 6) is 0.773. The molecule has 16 heavy (non-hydrogen) atoms. The summed E-state index contributed by atoms with van der Waals surface area (Å²) in [4.78, 5) is 8.50. The first kappa shape index (κ1) is 10.9. The molecule has 2 heterocycles. The minimum Gasteiger partial charge on any atom is -0.369 e. The van der Waals surface area contributed by atoms with Crippen molar-refractivity contribution in [3.05, 3.63) is 18.7 Å². The average Bonchev–Trinajstić information content (AvgIpc) is 2.66. The summed E-state index contributed by atoms with van der Waals surface area (Å²) in [5.41, 5.74) is 0. The quantitative estimate of drug-likeness (QED) is 0.860. The van der Waals surface area contributed by atoms with Gasteiger partial charge < -0.3 is 9.88 Å². The normalized spacial score (nSPS) is 10.4. The second kappa shape index (κ2) is 4.93. The highest BCUT2D eigenvalue weighted by atomic mass is 32.2. The SMILES string of the molecule is CCNc1cncc(Sc2nncn2C)n1. The van der Waals surface area contributed by atoms with Crippen LogP contribution in [0.2, 0.25) is 0 Å². The Labute approximate surface area is 97.5 Å². The highest BCUT2D eigenvalue weighted by Crippen LogP contribution is 2.23. The second-order valence-electron chi connectivity index (χ2n) is 3.10. The van der Waals surface area contributed by atoms with Crippen LogP contribution >= 0.6 is 11.8 Å². The minimum atomic E-state index is 0.773.